The number of benzene rings is 2. The number of carbonyl (C=O) groups is 1. The third-order valence-electron chi connectivity index (χ3n) is 4.80. The Morgan fingerprint density at radius 3 is 2.35 bits per heavy atom. The largest absolute Gasteiger partial charge is 0.486 e. The summed E-state index contributed by atoms with van der Waals surface area (Å²) in [5.41, 5.74) is 1.10. The third kappa shape index (κ3) is 4.93. The van der Waals surface area contributed by atoms with Crippen LogP contribution in [-0.2, 0) is 4.79 Å². The Morgan fingerprint density at radius 1 is 1.19 bits per heavy atom. The molecule has 0 radical (unpaired) electrons. The summed E-state index contributed by atoms with van der Waals surface area (Å²) >= 11 is 0. The van der Waals surface area contributed by atoms with E-state index in [0.717, 1.165) is 18.8 Å². The number of rotatable bonds is 7. The van der Waals surface area contributed by atoms with Crippen molar-refractivity contribution in [3.63, 3.8) is 0 Å². The molecule has 0 atom stereocenters. The van der Waals surface area contributed by atoms with E-state index in [1.54, 1.807) is 0 Å². The number of hydrogen-bond acceptors (Lipinski definition) is 7. The highest BCUT2D eigenvalue weighted by Crippen LogP contribution is 2.39. The number of nitrogens with zero attached hydrogens (tertiary/aromatic N) is 3. The fraction of sp³-hybridized carbons (Fsp3) is 0.273. The fourth-order valence-corrected chi connectivity index (χ4v) is 3.20. The van der Waals surface area contributed by atoms with Gasteiger partial charge in [0.15, 0.2) is 11.5 Å². The minimum atomic E-state index is -0.755. The summed E-state index contributed by atoms with van der Waals surface area (Å²) < 4.78 is 10.8. The van der Waals surface area contributed by atoms with Crippen LogP contribution in [0.4, 0.5) is 17.1 Å². The monoisotopic (exact) mass is 422 g/mol. The molecule has 1 aliphatic heterocycles. The summed E-state index contributed by atoms with van der Waals surface area (Å²) in [6.45, 7) is 6.44. The van der Waals surface area contributed by atoms with Gasteiger partial charge in [0.2, 0.25) is 0 Å². The first kappa shape index (κ1) is 21.6. The van der Waals surface area contributed by atoms with Crippen LogP contribution in [-0.4, -0.2) is 37.1 Å². The van der Waals surface area contributed by atoms with Crippen LogP contribution in [0, 0.1) is 21.4 Å². The lowest BCUT2D eigenvalue weighted by atomic mass is 10.1. The summed E-state index contributed by atoms with van der Waals surface area (Å²) in [6.07, 6.45) is 1.44. The molecule has 0 aromatic heterocycles. The lowest BCUT2D eigenvalue weighted by Gasteiger charge is -2.20. The Labute approximate surface area is 179 Å². The zero-order valence-corrected chi connectivity index (χ0v) is 17.3. The Morgan fingerprint density at radius 2 is 1.81 bits per heavy atom. The maximum Gasteiger partial charge on any atom is 0.296 e. The second kappa shape index (κ2) is 9.63. The van der Waals surface area contributed by atoms with Crippen molar-refractivity contribution in [2.75, 3.05) is 36.5 Å². The Kier molecular flexibility index (Phi) is 6.72. The quantitative estimate of drug-likeness (QED) is 0.312. The topological polar surface area (TPSA) is 118 Å². The second-order valence-electron chi connectivity index (χ2n) is 6.66. The van der Waals surface area contributed by atoms with Crippen molar-refractivity contribution < 1.29 is 19.2 Å². The van der Waals surface area contributed by atoms with E-state index in [4.69, 9.17) is 9.47 Å². The molecule has 1 amide bonds. The number of nitriles is 1. The van der Waals surface area contributed by atoms with Gasteiger partial charge in [-0.2, -0.15) is 5.26 Å². The zero-order valence-electron chi connectivity index (χ0n) is 17.3. The van der Waals surface area contributed by atoms with Crippen molar-refractivity contribution in [2.45, 2.75) is 13.8 Å². The van der Waals surface area contributed by atoms with Crippen molar-refractivity contribution in [3.8, 4) is 17.6 Å². The van der Waals surface area contributed by atoms with Gasteiger partial charge in [-0.1, -0.05) is 12.1 Å². The van der Waals surface area contributed by atoms with Gasteiger partial charge in [0, 0.05) is 24.8 Å². The number of amides is 1. The molecule has 0 fully saturated rings. The highest BCUT2D eigenvalue weighted by molar-refractivity contribution is 6.10. The van der Waals surface area contributed by atoms with Crippen LogP contribution >= 0.6 is 0 Å². The predicted octanol–water partition coefficient (Wildman–Crippen LogP) is 3.76. The van der Waals surface area contributed by atoms with E-state index in [2.05, 4.69) is 24.1 Å². The molecular weight excluding hydrogens is 400 g/mol. The van der Waals surface area contributed by atoms with Crippen LogP contribution in [0.5, 0.6) is 11.5 Å². The van der Waals surface area contributed by atoms with Crippen LogP contribution in [0.15, 0.2) is 42.0 Å². The minimum Gasteiger partial charge on any atom is -0.486 e. The number of carbonyl (C=O) groups excluding carboxylic acids is 1. The smallest absolute Gasteiger partial charge is 0.296 e. The molecule has 1 aliphatic rings. The lowest BCUT2D eigenvalue weighted by Crippen LogP contribution is -2.21. The number of nitrogens with one attached hydrogen (secondary N) is 1. The maximum absolute atomic E-state index is 12.7. The molecule has 0 saturated heterocycles. The molecule has 0 saturated carbocycles. The number of ether oxygens (including phenoxy) is 2. The number of anilines is 2. The molecule has 9 heteroatoms. The average molecular weight is 422 g/mol. The molecule has 3 rings (SSSR count). The summed E-state index contributed by atoms with van der Waals surface area (Å²) in [5.74, 6) is -0.225. The van der Waals surface area contributed by atoms with Gasteiger partial charge in [0.05, 0.1) is 11.0 Å². The van der Waals surface area contributed by atoms with E-state index in [9.17, 15) is 20.2 Å². The number of hydrogen-bond donors (Lipinski definition) is 1. The Balaban J connectivity index is 1.85. The summed E-state index contributed by atoms with van der Waals surface area (Å²) in [7, 11) is 0. The van der Waals surface area contributed by atoms with Crippen molar-refractivity contribution in [3.05, 3.63) is 57.6 Å². The normalized spacial score (nSPS) is 12.6. The summed E-state index contributed by atoms with van der Waals surface area (Å²) in [6, 6.07) is 11.8. The van der Waals surface area contributed by atoms with Gasteiger partial charge in [-0.05, 0) is 37.6 Å². The Bertz CT molecular complexity index is 1050. The van der Waals surface area contributed by atoms with E-state index in [0.29, 0.717) is 17.9 Å². The molecule has 1 heterocycles. The average Bonchev–Trinajstić information content (AvgIpc) is 2.78. The molecule has 9 nitrogen and oxygen atoms in total. The van der Waals surface area contributed by atoms with E-state index in [-0.39, 0.29) is 29.3 Å². The molecule has 0 aliphatic carbocycles. The predicted molar refractivity (Wildman–Crippen MR) is 116 cm³/mol. The van der Waals surface area contributed by atoms with Crippen LogP contribution in [0.25, 0.3) is 6.08 Å². The molecule has 2 aromatic rings. The molecule has 31 heavy (non-hydrogen) atoms. The van der Waals surface area contributed by atoms with Gasteiger partial charge in [0.25, 0.3) is 11.6 Å². The number of nitro benzene ring substituents is 1. The molecule has 2 aromatic carbocycles. The van der Waals surface area contributed by atoms with Gasteiger partial charge >= 0.3 is 0 Å². The highest BCUT2D eigenvalue weighted by Gasteiger charge is 2.24. The second-order valence-corrected chi connectivity index (χ2v) is 6.66. The molecule has 0 spiro atoms. The first-order valence-corrected chi connectivity index (χ1v) is 9.83. The van der Waals surface area contributed by atoms with Gasteiger partial charge < -0.3 is 19.7 Å². The first-order chi connectivity index (χ1) is 15.0. The Hall–Kier alpha value is -4.06. The molecule has 0 bridgehead atoms. The fourth-order valence-electron chi connectivity index (χ4n) is 3.20. The van der Waals surface area contributed by atoms with Crippen molar-refractivity contribution in [2.24, 2.45) is 0 Å². The SMILES string of the molecule is CCN(CC)c1ccc(/C=C(\C#N)C(=O)Nc2cc3c(cc2[N+](=O)[O-])OCCO3)cc1. The number of fused-ring (bicyclic) bond motifs is 1. The molecule has 1 N–H and O–H groups in total. The van der Waals surface area contributed by atoms with E-state index in [1.807, 2.05) is 30.3 Å². The van der Waals surface area contributed by atoms with E-state index in [1.165, 1.54) is 18.2 Å². The summed E-state index contributed by atoms with van der Waals surface area (Å²) in [5, 5.41) is 23.3. The van der Waals surface area contributed by atoms with Crippen molar-refractivity contribution in [1.82, 2.24) is 0 Å². The molecular formula is C22H22N4O5. The van der Waals surface area contributed by atoms with Crippen molar-refractivity contribution in [1.29, 1.82) is 5.26 Å². The van der Waals surface area contributed by atoms with E-state index >= 15 is 0 Å². The van der Waals surface area contributed by atoms with Gasteiger partial charge in [-0.3, -0.25) is 14.9 Å². The highest BCUT2D eigenvalue weighted by atomic mass is 16.6. The first-order valence-electron chi connectivity index (χ1n) is 9.83. The minimum absolute atomic E-state index is 0.0720. The third-order valence-corrected chi connectivity index (χ3v) is 4.80. The standard InChI is InChI=1S/C22H22N4O5/c1-3-25(4-2)17-7-5-15(6-8-17)11-16(14-23)22(27)24-18-12-20-21(31-10-9-30-20)13-19(18)26(28)29/h5-8,11-13H,3-4,9-10H2,1-2H3,(H,24,27)/b16-11+. The van der Waals surface area contributed by atoms with Crippen LogP contribution < -0.4 is 19.7 Å². The van der Waals surface area contributed by atoms with Gasteiger partial charge in [-0.25, -0.2) is 0 Å². The maximum atomic E-state index is 12.7. The van der Waals surface area contributed by atoms with Crippen LogP contribution in [0.2, 0.25) is 0 Å². The zero-order chi connectivity index (χ0) is 22.4. The van der Waals surface area contributed by atoms with Gasteiger partial charge in [-0.15, -0.1) is 0 Å². The van der Waals surface area contributed by atoms with Crippen LogP contribution in [0.1, 0.15) is 19.4 Å². The summed E-state index contributed by atoms with van der Waals surface area (Å²) in [4.78, 5) is 25.6. The molecule has 160 valence electrons. The van der Waals surface area contributed by atoms with E-state index < -0.39 is 10.8 Å². The van der Waals surface area contributed by atoms with Gasteiger partial charge in [0.1, 0.15) is 30.5 Å². The molecule has 0 unspecified atom stereocenters. The number of nitro groups is 1. The van der Waals surface area contributed by atoms with Crippen molar-refractivity contribution >= 4 is 29.0 Å². The van der Waals surface area contributed by atoms with Crippen LogP contribution in [0.3, 0.4) is 0 Å². The lowest BCUT2D eigenvalue weighted by molar-refractivity contribution is -0.384.